The number of aryl methyl sites for hydroxylation is 3. The van der Waals surface area contributed by atoms with Crippen LogP contribution in [0.2, 0.25) is 5.02 Å². The molecular formula is C15H15ClFNO2S. The Kier molecular flexibility index (Phi) is 4.25. The molecule has 0 saturated heterocycles. The fourth-order valence-corrected chi connectivity index (χ4v) is 3.65. The summed E-state index contributed by atoms with van der Waals surface area (Å²) >= 11 is 5.98. The van der Waals surface area contributed by atoms with Gasteiger partial charge in [0, 0.05) is 5.02 Å². The predicted octanol–water partition coefficient (Wildman–Crippen LogP) is 4.21. The van der Waals surface area contributed by atoms with Gasteiger partial charge in [-0.15, -0.1) is 0 Å². The van der Waals surface area contributed by atoms with Gasteiger partial charge in [0.15, 0.2) is 0 Å². The van der Waals surface area contributed by atoms with E-state index in [9.17, 15) is 12.8 Å². The first-order valence-electron chi connectivity index (χ1n) is 6.26. The first kappa shape index (κ1) is 15.8. The second kappa shape index (κ2) is 5.66. The van der Waals surface area contributed by atoms with Crippen LogP contribution in [0.4, 0.5) is 10.1 Å². The largest absolute Gasteiger partial charge is 0.279 e. The lowest BCUT2D eigenvalue weighted by atomic mass is 10.2. The molecule has 0 bridgehead atoms. The molecule has 2 rings (SSSR count). The van der Waals surface area contributed by atoms with Crippen molar-refractivity contribution in [3.8, 4) is 0 Å². The number of anilines is 1. The Hall–Kier alpha value is -1.59. The second-order valence-corrected chi connectivity index (χ2v) is 6.99. The quantitative estimate of drug-likeness (QED) is 0.918. The molecule has 0 saturated carbocycles. The van der Waals surface area contributed by atoms with Crippen molar-refractivity contribution in [2.75, 3.05) is 4.72 Å². The van der Waals surface area contributed by atoms with Gasteiger partial charge in [-0.2, -0.15) is 0 Å². The minimum Gasteiger partial charge on any atom is -0.279 e. The van der Waals surface area contributed by atoms with E-state index in [0.29, 0.717) is 27.4 Å². The standard InChI is InChI=1S/C15H15ClFNO2S/c1-9-8-15(11(3)7-13(9)16)21(19,20)18-14-5-4-12(17)6-10(14)2/h4-8,18H,1-3H3. The van der Waals surface area contributed by atoms with Gasteiger partial charge in [-0.3, -0.25) is 4.72 Å². The second-order valence-electron chi connectivity index (χ2n) is 4.93. The van der Waals surface area contributed by atoms with E-state index in [1.807, 2.05) is 0 Å². The zero-order chi connectivity index (χ0) is 15.8. The number of nitrogens with one attached hydrogen (secondary N) is 1. The van der Waals surface area contributed by atoms with Crippen LogP contribution in [-0.4, -0.2) is 8.42 Å². The summed E-state index contributed by atoms with van der Waals surface area (Å²) in [5.74, 6) is -0.408. The fraction of sp³-hybridized carbons (Fsp3) is 0.200. The highest BCUT2D eigenvalue weighted by atomic mass is 35.5. The van der Waals surface area contributed by atoms with Crippen LogP contribution < -0.4 is 4.72 Å². The molecule has 112 valence electrons. The maximum Gasteiger partial charge on any atom is 0.262 e. The van der Waals surface area contributed by atoms with E-state index in [1.54, 1.807) is 26.8 Å². The highest BCUT2D eigenvalue weighted by molar-refractivity contribution is 7.92. The number of sulfonamides is 1. The molecule has 0 aliphatic carbocycles. The highest BCUT2D eigenvalue weighted by Gasteiger charge is 2.19. The van der Waals surface area contributed by atoms with Crippen molar-refractivity contribution in [1.29, 1.82) is 0 Å². The number of hydrogen-bond acceptors (Lipinski definition) is 2. The van der Waals surface area contributed by atoms with Gasteiger partial charge in [0.2, 0.25) is 0 Å². The third kappa shape index (κ3) is 3.36. The van der Waals surface area contributed by atoms with Crippen LogP contribution >= 0.6 is 11.6 Å². The predicted molar refractivity (Wildman–Crippen MR) is 82.9 cm³/mol. The lowest BCUT2D eigenvalue weighted by Crippen LogP contribution is -2.15. The highest BCUT2D eigenvalue weighted by Crippen LogP contribution is 2.26. The van der Waals surface area contributed by atoms with Crippen LogP contribution in [0.1, 0.15) is 16.7 Å². The molecule has 0 fully saturated rings. The number of rotatable bonds is 3. The fourth-order valence-electron chi connectivity index (χ4n) is 1.99. The Labute approximate surface area is 128 Å². The summed E-state index contributed by atoms with van der Waals surface area (Å²) in [5, 5.41) is 0.518. The summed E-state index contributed by atoms with van der Waals surface area (Å²) in [6.45, 7) is 5.06. The van der Waals surface area contributed by atoms with Crippen LogP contribution in [0.3, 0.4) is 0 Å². The SMILES string of the molecule is Cc1cc(S(=O)(=O)Nc2ccc(F)cc2C)c(C)cc1Cl. The molecule has 0 unspecified atom stereocenters. The number of halogens is 2. The van der Waals surface area contributed by atoms with Crippen molar-refractivity contribution in [1.82, 2.24) is 0 Å². The minimum absolute atomic E-state index is 0.160. The molecule has 0 aliphatic heterocycles. The Morgan fingerprint density at radius 2 is 1.67 bits per heavy atom. The monoisotopic (exact) mass is 327 g/mol. The summed E-state index contributed by atoms with van der Waals surface area (Å²) in [5.41, 5.74) is 2.10. The molecular weight excluding hydrogens is 313 g/mol. The van der Waals surface area contributed by atoms with Crippen molar-refractivity contribution in [2.45, 2.75) is 25.7 Å². The molecule has 2 aromatic carbocycles. The van der Waals surface area contributed by atoms with Crippen molar-refractivity contribution < 1.29 is 12.8 Å². The third-order valence-corrected chi connectivity index (χ3v) is 5.09. The average Bonchev–Trinajstić information content (AvgIpc) is 2.37. The lowest BCUT2D eigenvalue weighted by Gasteiger charge is -2.13. The molecule has 3 nitrogen and oxygen atoms in total. The van der Waals surface area contributed by atoms with E-state index < -0.39 is 15.8 Å². The van der Waals surface area contributed by atoms with Crippen LogP contribution in [0, 0.1) is 26.6 Å². The van der Waals surface area contributed by atoms with E-state index in [4.69, 9.17) is 11.6 Å². The van der Waals surface area contributed by atoms with Gasteiger partial charge in [-0.1, -0.05) is 11.6 Å². The summed E-state index contributed by atoms with van der Waals surface area (Å²) in [6.07, 6.45) is 0. The first-order chi connectivity index (χ1) is 9.70. The summed E-state index contributed by atoms with van der Waals surface area (Å²) in [6, 6.07) is 7.03. The van der Waals surface area contributed by atoms with Crippen LogP contribution in [0.25, 0.3) is 0 Å². The number of benzene rings is 2. The molecule has 0 radical (unpaired) electrons. The molecule has 21 heavy (non-hydrogen) atoms. The molecule has 0 heterocycles. The number of hydrogen-bond donors (Lipinski definition) is 1. The average molecular weight is 328 g/mol. The molecule has 0 amide bonds. The maximum atomic E-state index is 13.1. The van der Waals surface area contributed by atoms with Crippen LogP contribution in [0.15, 0.2) is 35.2 Å². The Morgan fingerprint density at radius 3 is 2.29 bits per heavy atom. The molecule has 0 aromatic heterocycles. The summed E-state index contributed by atoms with van der Waals surface area (Å²) in [7, 11) is -3.75. The van der Waals surface area contributed by atoms with Gasteiger partial charge in [-0.25, -0.2) is 12.8 Å². The topological polar surface area (TPSA) is 46.2 Å². The van der Waals surface area contributed by atoms with Crippen molar-refractivity contribution in [2.24, 2.45) is 0 Å². The van der Waals surface area contributed by atoms with E-state index in [1.165, 1.54) is 24.3 Å². The molecule has 1 N–H and O–H groups in total. The Bertz CT molecular complexity index is 804. The van der Waals surface area contributed by atoms with Gasteiger partial charge in [-0.05, 0) is 67.8 Å². The van der Waals surface area contributed by atoms with Crippen molar-refractivity contribution >= 4 is 27.3 Å². The Morgan fingerprint density at radius 1 is 1.00 bits per heavy atom. The maximum absolute atomic E-state index is 13.1. The zero-order valence-corrected chi connectivity index (χ0v) is 13.4. The third-order valence-electron chi connectivity index (χ3n) is 3.18. The minimum atomic E-state index is -3.75. The van der Waals surface area contributed by atoms with Gasteiger partial charge < -0.3 is 0 Å². The summed E-state index contributed by atoms with van der Waals surface area (Å²) < 4.78 is 40.5. The smallest absolute Gasteiger partial charge is 0.262 e. The van der Waals surface area contributed by atoms with Gasteiger partial charge in [0.25, 0.3) is 10.0 Å². The molecule has 0 atom stereocenters. The lowest BCUT2D eigenvalue weighted by molar-refractivity contribution is 0.600. The van der Waals surface area contributed by atoms with Gasteiger partial charge >= 0.3 is 0 Å². The Balaban J connectivity index is 2.46. The molecule has 6 heteroatoms. The van der Waals surface area contributed by atoms with Gasteiger partial charge in [0.05, 0.1) is 10.6 Å². The van der Waals surface area contributed by atoms with Crippen LogP contribution in [0.5, 0.6) is 0 Å². The van der Waals surface area contributed by atoms with E-state index in [2.05, 4.69) is 4.72 Å². The van der Waals surface area contributed by atoms with E-state index in [-0.39, 0.29) is 4.90 Å². The zero-order valence-electron chi connectivity index (χ0n) is 11.9. The molecule has 0 aliphatic rings. The van der Waals surface area contributed by atoms with Crippen molar-refractivity contribution in [3.05, 3.63) is 57.9 Å². The van der Waals surface area contributed by atoms with Crippen molar-refractivity contribution in [3.63, 3.8) is 0 Å². The first-order valence-corrected chi connectivity index (χ1v) is 8.12. The summed E-state index contributed by atoms with van der Waals surface area (Å²) in [4.78, 5) is 0.160. The van der Waals surface area contributed by atoms with Crippen LogP contribution in [-0.2, 0) is 10.0 Å². The molecule has 2 aromatic rings. The van der Waals surface area contributed by atoms with E-state index in [0.717, 1.165) is 0 Å². The normalized spacial score (nSPS) is 11.5. The molecule has 0 spiro atoms. The van der Waals surface area contributed by atoms with E-state index >= 15 is 0 Å². The van der Waals surface area contributed by atoms with Gasteiger partial charge in [0.1, 0.15) is 5.82 Å².